The molecule has 5 nitrogen and oxygen atoms in total. The molecule has 0 spiro atoms. The molecule has 1 unspecified atom stereocenters. The maximum atomic E-state index is 12.4. The fraction of sp³-hybridized carbons (Fsp3) is 0.462. The molecule has 0 saturated carbocycles. The molecule has 0 bridgehead atoms. The molecule has 2 rings (SSSR count). The van der Waals surface area contributed by atoms with Crippen LogP contribution in [0, 0.1) is 0 Å². The first kappa shape index (κ1) is 13.7. The van der Waals surface area contributed by atoms with Crippen LogP contribution in [-0.4, -0.2) is 21.3 Å². The number of anilines is 1. The second-order valence-electron chi connectivity index (χ2n) is 4.33. The van der Waals surface area contributed by atoms with E-state index in [1.165, 1.54) is 11.3 Å². The highest BCUT2D eigenvalue weighted by atomic mass is 32.1. The molecule has 2 heterocycles. The molecular formula is C13H18N4OS. The summed E-state index contributed by atoms with van der Waals surface area (Å²) in [5, 5.41) is 12.6. The average molecular weight is 278 g/mol. The van der Waals surface area contributed by atoms with Gasteiger partial charge in [0.15, 0.2) is 5.01 Å². The van der Waals surface area contributed by atoms with Gasteiger partial charge in [0.1, 0.15) is 0 Å². The Balaban J connectivity index is 2.42. The molecule has 0 radical (unpaired) electrons. The molecule has 2 aromatic heterocycles. The molecule has 0 aliphatic heterocycles. The van der Waals surface area contributed by atoms with Gasteiger partial charge >= 0.3 is 0 Å². The largest absolute Gasteiger partial charge is 0.360 e. The Kier molecular flexibility index (Phi) is 4.31. The van der Waals surface area contributed by atoms with Gasteiger partial charge < -0.3 is 9.88 Å². The van der Waals surface area contributed by atoms with Crippen LogP contribution in [0.25, 0.3) is 10.6 Å². The highest BCUT2D eigenvalue weighted by Crippen LogP contribution is 2.24. The molecule has 6 heteroatoms. The molecule has 0 fully saturated rings. The van der Waals surface area contributed by atoms with Crippen LogP contribution in [0.4, 0.5) is 5.13 Å². The Morgan fingerprint density at radius 1 is 1.42 bits per heavy atom. The number of rotatable bonds is 5. The van der Waals surface area contributed by atoms with Crippen LogP contribution in [0.3, 0.4) is 0 Å². The topological polar surface area (TPSA) is 59.8 Å². The van der Waals surface area contributed by atoms with Crippen molar-refractivity contribution >= 4 is 16.5 Å². The summed E-state index contributed by atoms with van der Waals surface area (Å²) in [7, 11) is 0. The van der Waals surface area contributed by atoms with Crippen molar-refractivity contribution < 1.29 is 0 Å². The van der Waals surface area contributed by atoms with E-state index in [-0.39, 0.29) is 11.6 Å². The Morgan fingerprint density at radius 3 is 2.89 bits per heavy atom. The minimum Gasteiger partial charge on any atom is -0.360 e. The first-order chi connectivity index (χ1) is 9.17. The van der Waals surface area contributed by atoms with E-state index >= 15 is 0 Å². The number of aromatic nitrogens is 3. The molecule has 102 valence electrons. The second-order valence-corrected chi connectivity index (χ2v) is 5.31. The molecule has 0 saturated heterocycles. The Hall–Kier alpha value is -1.69. The Morgan fingerprint density at radius 2 is 2.21 bits per heavy atom. The first-order valence-electron chi connectivity index (χ1n) is 6.46. The lowest BCUT2D eigenvalue weighted by Gasteiger charge is -2.13. The summed E-state index contributed by atoms with van der Waals surface area (Å²) in [5.41, 5.74) is 0.612. The summed E-state index contributed by atoms with van der Waals surface area (Å²) in [6, 6.07) is 3.88. The van der Waals surface area contributed by atoms with Crippen LogP contribution in [0.1, 0.15) is 33.2 Å². The standard InChI is InChI=1S/C13H18N4OS/c1-4-9(3)17-8-6-7-10(12(17)18)11-15-16-13(19-11)14-5-2/h6-9H,4-5H2,1-3H3,(H,14,16). The summed E-state index contributed by atoms with van der Waals surface area (Å²) in [6.45, 7) is 6.90. The molecule has 2 aromatic rings. The smallest absolute Gasteiger partial charge is 0.261 e. The lowest BCUT2D eigenvalue weighted by Crippen LogP contribution is -2.23. The minimum atomic E-state index is -0.00366. The van der Waals surface area contributed by atoms with Crippen LogP contribution in [0.5, 0.6) is 0 Å². The van der Waals surface area contributed by atoms with E-state index in [4.69, 9.17) is 0 Å². The molecule has 0 amide bonds. The summed E-state index contributed by atoms with van der Waals surface area (Å²) in [4.78, 5) is 12.4. The highest BCUT2D eigenvalue weighted by molar-refractivity contribution is 7.18. The molecule has 1 N–H and O–H groups in total. The zero-order chi connectivity index (χ0) is 13.8. The average Bonchev–Trinajstić information content (AvgIpc) is 2.87. The van der Waals surface area contributed by atoms with Crippen LogP contribution >= 0.6 is 11.3 Å². The maximum absolute atomic E-state index is 12.4. The van der Waals surface area contributed by atoms with Gasteiger partial charge in [-0.3, -0.25) is 4.79 Å². The molecule has 0 aliphatic carbocycles. The fourth-order valence-corrected chi connectivity index (χ4v) is 2.60. The number of nitrogens with zero attached hydrogens (tertiary/aromatic N) is 3. The molecule has 19 heavy (non-hydrogen) atoms. The number of nitrogens with one attached hydrogen (secondary N) is 1. The third kappa shape index (κ3) is 2.84. The van der Waals surface area contributed by atoms with Gasteiger partial charge in [-0.1, -0.05) is 18.3 Å². The highest BCUT2D eigenvalue weighted by Gasteiger charge is 2.13. The molecular weight excluding hydrogens is 260 g/mol. The van der Waals surface area contributed by atoms with Crippen LogP contribution < -0.4 is 10.9 Å². The maximum Gasteiger partial charge on any atom is 0.261 e. The van der Waals surface area contributed by atoms with Crippen molar-refractivity contribution in [2.75, 3.05) is 11.9 Å². The quantitative estimate of drug-likeness (QED) is 0.913. The van der Waals surface area contributed by atoms with E-state index in [1.54, 1.807) is 10.6 Å². The Bertz CT molecular complexity index is 605. The van der Waals surface area contributed by atoms with E-state index in [0.29, 0.717) is 10.6 Å². The van der Waals surface area contributed by atoms with Crippen molar-refractivity contribution in [2.24, 2.45) is 0 Å². The molecule has 0 aliphatic rings. The second kappa shape index (κ2) is 5.97. The molecule has 0 aromatic carbocycles. The predicted molar refractivity (Wildman–Crippen MR) is 78.8 cm³/mol. The van der Waals surface area contributed by atoms with E-state index in [2.05, 4.69) is 22.4 Å². The van der Waals surface area contributed by atoms with Crippen molar-refractivity contribution in [3.63, 3.8) is 0 Å². The SMILES string of the molecule is CCNc1nnc(-c2cccn(C(C)CC)c2=O)s1. The Labute approximate surface area is 116 Å². The van der Waals surface area contributed by atoms with Gasteiger partial charge in [0.25, 0.3) is 5.56 Å². The van der Waals surface area contributed by atoms with Crippen molar-refractivity contribution in [3.05, 3.63) is 28.7 Å². The van der Waals surface area contributed by atoms with Crippen LogP contribution in [-0.2, 0) is 0 Å². The van der Waals surface area contributed by atoms with Crippen molar-refractivity contribution in [1.29, 1.82) is 0 Å². The lowest BCUT2D eigenvalue weighted by molar-refractivity contribution is 0.515. The summed E-state index contributed by atoms with van der Waals surface area (Å²) >= 11 is 1.41. The molecule has 1 atom stereocenters. The zero-order valence-electron chi connectivity index (χ0n) is 11.4. The van der Waals surface area contributed by atoms with Crippen molar-refractivity contribution in [2.45, 2.75) is 33.2 Å². The summed E-state index contributed by atoms with van der Waals surface area (Å²) < 4.78 is 1.75. The predicted octanol–water partition coefficient (Wildman–Crippen LogP) is 2.77. The third-order valence-corrected chi connectivity index (χ3v) is 3.94. The number of hydrogen-bond acceptors (Lipinski definition) is 5. The zero-order valence-corrected chi connectivity index (χ0v) is 12.2. The van der Waals surface area contributed by atoms with Gasteiger partial charge in [-0.2, -0.15) is 0 Å². The minimum absolute atomic E-state index is 0.00366. The van der Waals surface area contributed by atoms with E-state index < -0.39 is 0 Å². The number of pyridine rings is 1. The van der Waals surface area contributed by atoms with Gasteiger partial charge in [0, 0.05) is 18.8 Å². The van der Waals surface area contributed by atoms with Gasteiger partial charge in [0.2, 0.25) is 5.13 Å². The third-order valence-electron chi connectivity index (χ3n) is 3.02. The lowest BCUT2D eigenvalue weighted by atomic mass is 10.2. The summed E-state index contributed by atoms with van der Waals surface area (Å²) in [6.07, 6.45) is 2.74. The summed E-state index contributed by atoms with van der Waals surface area (Å²) in [5.74, 6) is 0. The van der Waals surface area contributed by atoms with Crippen LogP contribution in [0.2, 0.25) is 0 Å². The van der Waals surface area contributed by atoms with E-state index in [1.807, 2.05) is 26.1 Å². The monoisotopic (exact) mass is 278 g/mol. The van der Waals surface area contributed by atoms with Gasteiger partial charge in [-0.25, -0.2) is 0 Å². The van der Waals surface area contributed by atoms with Gasteiger partial charge in [0.05, 0.1) is 5.56 Å². The van der Waals surface area contributed by atoms with E-state index in [9.17, 15) is 4.79 Å². The number of hydrogen-bond donors (Lipinski definition) is 1. The van der Waals surface area contributed by atoms with Crippen molar-refractivity contribution in [3.8, 4) is 10.6 Å². The first-order valence-corrected chi connectivity index (χ1v) is 7.27. The van der Waals surface area contributed by atoms with E-state index in [0.717, 1.165) is 18.1 Å². The van der Waals surface area contributed by atoms with Gasteiger partial charge in [-0.15, -0.1) is 10.2 Å². The van der Waals surface area contributed by atoms with Gasteiger partial charge in [-0.05, 0) is 32.4 Å². The van der Waals surface area contributed by atoms with Crippen LogP contribution in [0.15, 0.2) is 23.1 Å². The normalized spacial score (nSPS) is 12.4. The van der Waals surface area contributed by atoms with Crippen molar-refractivity contribution in [1.82, 2.24) is 14.8 Å². The fourth-order valence-electron chi connectivity index (χ4n) is 1.77.